The van der Waals surface area contributed by atoms with Crippen molar-refractivity contribution >= 4 is 11.7 Å². The van der Waals surface area contributed by atoms with Gasteiger partial charge in [0, 0.05) is 31.3 Å². The third-order valence-corrected chi connectivity index (χ3v) is 3.99. The Balaban J connectivity index is 1.64. The van der Waals surface area contributed by atoms with Crippen LogP contribution in [0.5, 0.6) is 0 Å². The highest BCUT2D eigenvalue weighted by atomic mass is 16.5. The third-order valence-electron chi connectivity index (χ3n) is 3.99. The molecule has 0 aliphatic rings. The number of methoxy groups -OCH3 is 1. The van der Waals surface area contributed by atoms with Gasteiger partial charge in [-0.3, -0.25) is 4.79 Å². The van der Waals surface area contributed by atoms with Gasteiger partial charge in [-0.2, -0.15) is 0 Å². The predicted molar refractivity (Wildman–Crippen MR) is 105 cm³/mol. The zero-order chi connectivity index (χ0) is 18.9. The van der Waals surface area contributed by atoms with Gasteiger partial charge in [-0.05, 0) is 29.8 Å². The van der Waals surface area contributed by atoms with Crippen molar-refractivity contribution in [1.82, 2.24) is 15.5 Å². The van der Waals surface area contributed by atoms with Gasteiger partial charge < -0.3 is 15.4 Å². The number of nitrogens with one attached hydrogen (secondary N) is 2. The smallest absolute Gasteiger partial charge is 0.251 e. The predicted octanol–water partition coefficient (Wildman–Crippen LogP) is 3.13. The second-order valence-corrected chi connectivity index (χ2v) is 5.97. The Kier molecular flexibility index (Phi) is 6.49. The van der Waals surface area contributed by atoms with Gasteiger partial charge >= 0.3 is 0 Å². The molecule has 3 rings (SSSR count). The van der Waals surface area contributed by atoms with E-state index in [0.29, 0.717) is 36.8 Å². The van der Waals surface area contributed by atoms with Crippen molar-refractivity contribution in [1.29, 1.82) is 0 Å². The van der Waals surface area contributed by atoms with Crippen molar-refractivity contribution in [2.45, 2.75) is 6.54 Å². The van der Waals surface area contributed by atoms with E-state index in [1.165, 1.54) is 5.56 Å². The summed E-state index contributed by atoms with van der Waals surface area (Å²) in [4.78, 5) is 12.2. The Morgan fingerprint density at radius 3 is 2.59 bits per heavy atom. The summed E-state index contributed by atoms with van der Waals surface area (Å²) in [5.41, 5.74) is 3.32. The molecule has 0 unspecified atom stereocenters. The van der Waals surface area contributed by atoms with E-state index in [0.717, 1.165) is 5.56 Å². The van der Waals surface area contributed by atoms with E-state index in [4.69, 9.17) is 4.74 Å². The van der Waals surface area contributed by atoms with Crippen LogP contribution in [0.1, 0.15) is 15.9 Å². The molecule has 3 aromatic rings. The van der Waals surface area contributed by atoms with Crippen molar-refractivity contribution in [3.63, 3.8) is 0 Å². The van der Waals surface area contributed by atoms with Gasteiger partial charge in [0.15, 0.2) is 0 Å². The van der Waals surface area contributed by atoms with Crippen molar-refractivity contribution in [2.75, 3.05) is 25.6 Å². The van der Waals surface area contributed by atoms with E-state index in [1.54, 1.807) is 13.2 Å². The first-order chi connectivity index (χ1) is 13.3. The lowest BCUT2D eigenvalue weighted by Gasteiger charge is -2.08. The Bertz CT molecular complexity index is 867. The maximum Gasteiger partial charge on any atom is 0.251 e. The molecular weight excluding hydrogens is 340 g/mol. The highest BCUT2D eigenvalue weighted by molar-refractivity contribution is 5.95. The number of hydrogen-bond acceptors (Lipinski definition) is 5. The molecule has 0 saturated heterocycles. The van der Waals surface area contributed by atoms with Gasteiger partial charge in [0.1, 0.15) is 5.82 Å². The molecule has 0 bridgehead atoms. The van der Waals surface area contributed by atoms with Gasteiger partial charge in [0.2, 0.25) is 0 Å². The van der Waals surface area contributed by atoms with Crippen LogP contribution in [0.3, 0.4) is 0 Å². The molecule has 6 heteroatoms. The van der Waals surface area contributed by atoms with E-state index in [9.17, 15) is 4.79 Å². The second-order valence-electron chi connectivity index (χ2n) is 5.97. The molecule has 0 fully saturated rings. The zero-order valence-corrected chi connectivity index (χ0v) is 15.2. The number of ether oxygens (including phenoxy) is 1. The summed E-state index contributed by atoms with van der Waals surface area (Å²) in [5, 5.41) is 14.6. The number of amides is 1. The molecule has 138 valence electrons. The molecule has 0 spiro atoms. The molecular formula is C21H22N4O2. The minimum absolute atomic E-state index is 0.136. The second kappa shape index (κ2) is 9.45. The molecule has 0 aliphatic heterocycles. The van der Waals surface area contributed by atoms with Crippen LogP contribution in [0.4, 0.5) is 5.82 Å². The SMILES string of the molecule is COCCNC(=O)c1cccc(-c2ccc(NCc3ccccc3)nn2)c1. The number of hydrogen-bond donors (Lipinski definition) is 2. The average molecular weight is 362 g/mol. The lowest BCUT2D eigenvalue weighted by molar-refractivity contribution is 0.0937. The van der Waals surface area contributed by atoms with E-state index in [2.05, 4.69) is 33.0 Å². The van der Waals surface area contributed by atoms with Crippen LogP contribution in [0.25, 0.3) is 11.3 Å². The summed E-state index contributed by atoms with van der Waals surface area (Å²) < 4.78 is 4.94. The molecule has 0 saturated carbocycles. The lowest BCUT2D eigenvalue weighted by Crippen LogP contribution is -2.26. The van der Waals surface area contributed by atoms with Crippen molar-refractivity contribution in [3.8, 4) is 11.3 Å². The summed E-state index contributed by atoms with van der Waals surface area (Å²) >= 11 is 0. The fraction of sp³-hybridized carbons (Fsp3) is 0.190. The number of aromatic nitrogens is 2. The van der Waals surface area contributed by atoms with Crippen LogP contribution < -0.4 is 10.6 Å². The van der Waals surface area contributed by atoms with Crippen molar-refractivity contribution in [3.05, 3.63) is 77.9 Å². The van der Waals surface area contributed by atoms with E-state index in [-0.39, 0.29) is 5.91 Å². The van der Waals surface area contributed by atoms with Crippen LogP contribution in [0, 0.1) is 0 Å². The normalized spacial score (nSPS) is 10.4. The van der Waals surface area contributed by atoms with Gasteiger partial charge in [0.05, 0.1) is 12.3 Å². The molecule has 1 aromatic heterocycles. The number of benzene rings is 2. The molecule has 2 aromatic carbocycles. The van der Waals surface area contributed by atoms with Gasteiger partial charge in [-0.1, -0.05) is 42.5 Å². The minimum Gasteiger partial charge on any atom is -0.383 e. The van der Waals surface area contributed by atoms with Crippen LogP contribution in [0.2, 0.25) is 0 Å². The Morgan fingerprint density at radius 1 is 1.00 bits per heavy atom. The first-order valence-electron chi connectivity index (χ1n) is 8.75. The highest BCUT2D eigenvalue weighted by Gasteiger charge is 2.08. The summed E-state index contributed by atoms with van der Waals surface area (Å²) in [5.74, 6) is 0.569. The topological polar surface area (TPSA) is 76.1 Å². The van der Waals surface area contributed by atoms with Crippen molar-refractivity contribution < 1.29 is 9.53 Å². The van der Waals surface area contributed by atoms with E-state index >= 15 is 0 Å². The maximum atomic E-state index is 12.2. The maximum absolute atomic E-state index is 12.2. The summed E-state index contributed by atoms with van der Waals surface area (Å²) in [6.45, 7) is 1.64. The van der Waals surface area contributed by atoms with Crippen LogP contribution in [-0.2, 0) is 11.3 Å². The standard InChI is InChI=1S/C21H22N4O2/c1-27-13-12-22-21(26)18-9-5-8-17(14-18)19-10-11-20(25-24-19)23-15-16-6-3-2-4-7-16/h2-11,14H,12-13,15H2,1H3,(H,22,26)(H,23,25). The quantitative estimate of drug-likeness (QED) is 0.602. The minimum atomic E-state index is -0.136. The number of carbonyl (C=O) groups is 1. The Morgan fingerprint density at radius 2 is 1.85 bits per heavy atom. The number of rotatable bonds is 8. The fourth-order valence-corrected chi connectivity index (χ4v) is 2.56. The van der Waals surface area contributed by atoms with E-state index in [1.807, 2.05) is 48.5 Å². The molecule has 27 heavy (non-hydrogen) atoms. The number of nitrogens with zero attached hydrogens (tertiary/aromatic N) is 2. The first-order valence-corrected chi connectivity index (χ1v) is 8.75. The van der Waals surface area contributed by atoms with Gasteiger partial charge in [-0.15, -0.1) is 10.2 Å². The third kappa shape index (κ3) is 5.36. The molecule has 2 N–H and O–H groups in total. The monoisotopic (exact) mass is 362 g/mol. The lowest BCUT2D eigenvalue weighted by atomic mass is 10.1. The molecule has 0 atom stereocenters. The van der Waals surface area contributed by atoms with Crippen LogP contribution in [0.15, 0.2) is 66.7 Å². The highest BCUT2D eigenvalue weighted by Crippen LogP contribution is 2.19. The van der Waals surface area contributed by atoms with Gasteiger partial charge in [0.25, 0.3) is 5.91 Å². The molecule has 6 nitrogen and oxygen atoms in total. The molecule has 0 radical (unpaired) electrons. The molecule has 1 heterocycles. The first kappa shape index (κ1) is 18.5. The van der Waals surface area contributed by atoms with E-state index < -0.39 is 0 Å². The Hall–Kier alpha value is -3.25. The number of carbonyl (C=O) groups excluding carboxylic acids is 1. The number of anilines is 1. The average Bonchev–Trinajstić information content (AvgIpc) is 2.73. The van der Waals surface area contributed by atoms with Crippen LogP contribution >= 0.6 is 0 Å². The fourth-order valence-electron chi connectivity index (χ4n) is 2.56. The molecule has 0 aliphatic carbocycles. The summed E-state index contributed by atoms with van der Waals surface area (Å²) in [6.07, 6.45) is 0. The summed E-state index contributed by atoms with van der Waals surface area (Å²) in [7, 11) is 1.60. The largest absolute Gasteiger partial charge is 0.383 e. The van der Waals surface area contributed by atoms with Crippen LogP contribution in [-0.4, -0.2) is 36.4 Å². The molecule has 1 amide bonds. The van der Waals surface area contributed by atoms with Gasteiger partial charge in [-0.25, -0.2) is 0 Å². The summed E-state index contributed by atoms with van der Waals surface area (Å²) in [6, 6.07) is 21.2. The Labute approximate surface area is 158 Å². The zero-order valence-electron chi connectivity index (χ0n) is 15.2. The van der Waals surface area contributed by atoms with Crippen molar-refractivity contribution in [2.24, 2.45) is 0 Å².